The van der Waals surface area contributed by atoms with E-state index in [0.29, 0.717) is 36.2 Å². The molecular formula is C16H16Cl2N2O2S. The zero-order chi connectivity index (χ0) is 16.4. The van der Waals surface area contributed by atoms with Crippen LogP contribution in [0.4, 0.5) is 0 Å². The van der Waals surface area contributed by atoms with E-state index in [1.807, 2.05) is 23.3 Å². The van der Waals surface area contributed by atoms with Gasteiger partial charge in [-0.15, -0.1) is 11.3 Å². The first-order chi connectivity index (χ1) is 11.0. The number of amides is 1. The van der Waals surface area contributed by atoms with Crippen LogP contribution >= 0.6 is 34.5 Å². The van der Waals surface area contributed by atoms with Crippen LogP contribution in [-0.4, -0.2) is 35.5 Å². The summed E-state index contributed by atoms with van der Waals surface area (Å²) in [5.41, 5.74) is 1.76. The highest BCUT2D eigenvalue weighted by atomic mass is 35.5. The zero-order valence-electron chi connectivity index (χ0n) is 12.6. The molecule has 7 heteroatoms. The minimum Gasteiger partial charge on any atom is -0.370 e. The highest BCUT2D eigenvalue weighted by Gasteiger charge is 2.26. The molecule has 1 amide bonds. The lowest BCUT2D eigenvalue weighted by Gasteiger charge is -2.33. The minimum atomic E-state index is -0.181. The van der Waals surface area contributed by atoms with Gasteiger partial charge in [0.15, 0.2) is 0 Å². The van der Waals surface area contributed by atoms with Crippen LogP contribution < -0.4 is 0 Å². The van der Waals surface area contributed by atoms with E-state index in [2.05, 4.69) is 4.98 Å². The Labute approximate surface area is 149 Å². The van der Waals surface area contributed by atoms with Crippen LogP contribution in [0, 0.1) is 6.92 Å². The molecule has 1 saturated heterocycles. The molecule has 0 unspecified atom stereocenters. The Bertz CT molecular complexity index is 720. The normalized spacial score (nSPS) is 18.2. The predicted octanol–water partition coefficient (Wildman–Crippen LogP) is 3.90. The van der Waals surface area contributed by atoms with Crippen molar-refractivity contribution in [1.29, 1.82) is 0 Å². The number of morpholine rings is 1. The Hall–Kier alpha value is -1.14. The van der Waals surface area contributed by atoms with E-state index in [1.165, 1.54) is 0 Å². The molecule has 1 atom stereocenters. The summed E-state index contributed by atoms with van der Waals surface area (Å²) >= 11 is 13.6. The summed E-state index contributed by atoms with van der Waals surface area (Å²) in [6.45, 7) is 3.56. The number of nitrogens with zero attached hydrogens (tertiary/aromatic N) is 2. The van der Waals surface area contributed by atoms with E-state index >= 15 is 0 Å². The molecule has 0 bridgehead atoms. The standard InChI is InChI=1S/C16H16Cl2N2O2S/c1-10-19-12(9-23-10)7-16(21)20-4-5-22-15(8-20)11-2-3-13(17)14(18)6-11/h2-3,6,9,15H,4-5,7-8H2,1H3/t15-/m0/s1. The molecule has 1 aliphatic rings. The number of carbonyl (C=O) groups excluding carboxylic acids is 1. The Balaban J connectivity index is 1.67. The number of ether oxygens (including phenoxy) is 1. The summed E-state index contributed by atoms with van der Waals surface area (Å²) in [7, 11) is 0. The zero-order valence-corrected chi connectivity index (χ0v) is 14.9. The third-order valence-electron chi connectivity index (χ3n) is 3.73. The van der Waals surface area contributed by atoms with Gasteiger partial charge in [0, 0.05) is 11.9 Å². The van der Waals surface area contributed by atoms with Gasteiger partial charge in [-0.25, -0.2) is 4.98 Å². The molecule has 0 N–H and O–H groups in total. The van der Waals surface area contributed by atoms with Crippen molar-refractivity contribution in [3.8, 4) is 0 Å². The number of thiazole rings is 1. The van der Waals surface area contributed by atoms with Crippen LogP contribution in [0.25, 0.3) is 0 Å². The van der Waals surface area contributed by atoms with Crippen molar-refractivity contribution in [2.45, 2.75) is 19.4 Å². The summed E-state index contributed by atoms with van der Waals surface area (Å²) in [6, 6.07) is 5.43. The number of hydrogen-bond acceptors (Lipinski definition) is 4. The fourth-order valence-electron chi connectivity index (χ4n) is 2.55. The van der Waals surface area contributed by atoms with Crippen molar-refractivity contribution in [3.05, 3.63) is 49.9 Å². The first kappa shape index (κ1) is 16.7. The van der Waals surface area contributed by atoms with E-state index in [9.17, 15) is 4.79 Å². The Morgan fingerprint density at radius 1 is 1.43 bits per heavy atom. The maximum atomic E-state index is 12.5. The molecule has 3 rings (SSSR count). The number of aromatic nitrogens is 1. The quantitative estimate of drug-likeness (QED) is 0.822. The maximum Gasteiger partial charge on any atom is 0.228 e. The monoisotopic (exact) mass is 370 g/mol. The van der Waals surface area contributed by atoms with Gasteiger partial charge in [-0.05, 0) is 24.6 Å². The highest BCUT2D eigenvalue weighted by Crippen LogP contribution is 2.29. The van der Waals surface area contributed by atoms with Gasteiger partial charge in [0.1, 0.15) is 6.10 Å². The molecule has 1 aromatic carbocycles. The van der Waals surface area contributed by atoms with E-state index in [4.69, 9.17) is 27.9 Å². The van der Waals surface area contributed by atoms with Gasteiger partial charge < -0.3 is 9.64 Å². The predicted molar refractivity (Wildman–Crippen MR) is 92.3 cm³/mol. The van der Waals surface area contributed by atoms with Gasteiger partial charge in [-0.1, -0.05) is 29.3 Å². The van der Waals surface area contributed by atoms with Crippen molar-refractivity contribution in [2.24, 2.45) is 0 Å². The van der Waals surface area contributed by atoms with Crippen molar-refractivity contribution in [2.75, 3.05) is 19.7 Å². The molecule has 1 aliphatic heterocycles. The molecular weight excluding hydrogens is 355 g/mol. The molecule has 1 aromatic heterocycles. The molecule has 2 aromatic rings. The Morgan fingerprint density at radius 2 is 2.26 bits per heavy atom. The third kappa shape index (κ3) is 4.04. The lowest BCUT2D eigenvalue weighted by Crippen LogP contribution is -2.43. The first-order valence-corrected chi connectivity index (χ1v) is 8.92. The molecule has 0 saturated carbocycles. The van der Waals surface area contributed by atoms with Gasteiger partial charge in [-0.3, -0.25) is 4.79 Å². The number of aryl methyl sites for hydroxylation is 1. The maximum absolute atomic E-state index is 12.5. The van der Waals surface area contributed by atoms with E-state index in [0.717, 1.165) is 16.3 Å². The number of benzene rings is 1. The molecule has 0 spiro atoms. The van der Waals surface area contributed by atoms with Crippen molar-refractivity contribution in [3.63, 3.8) is 0 Å². The van der Waals surface area contributed by atoms with Crippen LogP contribution in [0.15, 0.2) is 23.6 Å². The number of rotatable bonds is 3. The molecule has 23 heavy (non-hydrogen) atoms. The second-order valence-corrected chi connectivity index (χ2v) is 7.28. The van der Waals surface area contributed by atoms with Crippen molar-refractivity contribution < 1.29 is 9.53 Å². The lowest BCUT2D eigenvalue weighted by atomic mass is 10.1. The van der Waals surface area contributed by atoms with Crippen LogP contribution in [0.1, 0.15) is 22.4 Å². The Morgan fingerprint density at radius 3 is 2.96 bits per heavy atom. The van der Waals surface area contributed by atoms with E-state index in [-0.39, 0.29) is 12.0 Å². The molecule has 0 radical (unpaired) electrons. The third-order valence-corrected chi connectivity index (χ3v) is 5.29. The highest BCUT2D eigenvalue weighted by molar-refractivity contribution is 7.09. The molecule has 122 valence electrons. The summed E-state index contributed by atoms with van der Waals surface area (Å²) in [5.74, 6) is 0.0728. The summed E-state index contributed by atoms with van der Waals surface area (Å²) in [6.07, 6.45) is 0.151. The fourth-order valence-corrected chi connectivity index (χ4v) is 3.47. The topological polar surface area (TPSA) is 42.4 Å². The van der Waals surface area contributed by atoms with Crippen LogP contribution in [0.3, 0.4) is 0 Å². The summed E-state index contributed by atoms with van der Waals surface area (Å²) < 4.78 is 5.78. The number of hydrogen-bond donors (Lipinski definition) is 0. The van der Waals surface area contributed by atoms with Crippen molar-refractivity contribution >= 4 is 40.4 Å². The lowest BCUT2D eigenvalue weighted by molar-refractivity contribution is -0.138. The van der Waals surface area contributed by atoms with Gasteiger partial charge >= 0.3 is 0 Å². The summed E-state index contributed by atoms with van der Waals surface area (Å²) in [5, 5.41) is 3.92. The fraction of sp³-hybridized carbons (Fsp3) is 0.375. The molecule has 4 nitrogen and oxygen atoms in total. The van der Waals surface area contributed by atoms with Crippen LogP contribution in [0.5, 0.6) is 0 Å². The summed E-state index contributed by atoms with van der Waals surface area (Å²) in [4.78, 5) is 18.6. The van der Waals surface area contributed by atoms with Gasteiger partial charge in [-0.2, -0.15) is 0 Å². The van der Waals surface area contributed by atoms with E-state index < -0.39 is 0 Å². The van der Waals surface area contributed by atoms with Gasteiger partial charge in [0.05, 0.1) is 40.3 Å². The second kappa shape index (κ2) is 7.18. The molecule has 1 fully saturated rings. The van der Waals surface area contributed by atoms with Gasteiger partial charge in [0.2, 0.25) is 5.91 Å². The van der Waals surface area contributed by atoms with Crippen molar-refractivity contribution in [1.82, 2.24) is 9.88 Å². The molecule has 2 heterocycles. The first-order valence-electron chi connectivity index (χ1n) is 7.28. The SMILES string of the molecule is Cc1nc(CC(=O)N2CCO[C@H](c3ccc(Cl)c(Cl)c3)C2)cs1. The second-order valence-electron chi connectivity index (χ2n) is 5.41. The smallest absolute Gasteiger partial charge is 0.228 e. The van der Waals surface area contributed by atoms with Crippen LogP contribution in [-0.2, 0) is 16.0 Å². The average Bonchev–Trinajstić information content (AvgIpc) is 2.95. The van der Waals surface area contributed by atoms with Crippen LogP contribution in [0.2, 0.25) is 10.0 Å². The van der Waals surface area contributed by atoms with Gasteiger partial charge in [0.25, 0.3) is 0 Å². The average molecular weight is 371 g/mol. The largest absolute Gasteiger partial charge is 0.370 e. The Kier molecular flexibility index (Phi) is 5.21. The number of carbonyl (C=O) groups is 1. The number of halogens is 2. The van der Waals surface area contributed by atoms with E-state index in [1.54, 1.807) is 23.5 Å². The molecule has 0 aliphatic carbocycles. The minimum absolute atomic E-state index is 0.0728.